The van der Waals surface area contributed by atoms with E-state index in [-0.39, 0.29) is 0 Å². The van der Waals surface area contributed by atoms with Gasteiger partial charge in [-0.1, -0.05) is 47.5 Å². The lowest BCUT2D eigenvalue weighted by Crippen LogP contribution is -2.52. The van der Waals surface area contributed by atoms with E-state index >= 15 is 0 Å². The van der Waals surface area contributed by atoms with Gasteiger partial charge in [-0.25, -0.2) is 9.59 Å². The van der Waals surface area contributed by atoms with Gasteiger partial charge in [0.1, 0.15) is 6.04 Å². The Balaban J connectivity index is 4.32. The predicted molar refractivity (Wildman–Crippen MR) is 71.5 cm³/mol. The second-order valence-corrected chi connectivity index (χ2v) is 5.67. The molecule has 0 aromatic heterocycles. The first-order chi connectivity index (χ1) is 8.22. The van der Waals surface area contributed by atoms with Crippen LogP contribution in [0.25, 0.3) is 0 Å². The molecule has 0 aliphatic carbocycles. The molecule has 5 heteroatoms. The zero-order valence-electron chi connectivity index (χ0n) is 12.0. The van der Waals surface area contributed by atoms with E-state index in [1.165, 1.54) is 0 Å². The van der Waals surface area contributed by atoms with Crippen LogP contribution in [0.5, 0.6) is 0 Å². The van der Waals surface area contributed by atoms with E-state index in [0.717, 1.165) is 12.8 Å². The molecule has 0 saturated heterocycles. The molecule has 1 atom stereocenters. The molecule has 0 saturated carbocycles. The first-order valence-corrected chi connectivity index (χ1v) is 6.49. The van der Waals surface area contributed by atoms with Crippen LogP contribution in [0.15, 0.2) is 0 Å². The molecular weight excluding hydrogens is 232 g/mol. The Labute approximate surface area is 109 Å². The van der Waals surface area contributed by atoms with E-state index in [4.69, 9.17) is 5.11 Å². The van der Waals surface area contributed by atoms with Gasteiger partial charge in [-0.2, -0.15) is 0 Å². The van der Waals surface area contributed by atoms with Gasteiger partial charge in [0.05, 0.1) is 0 Å². The summed E-state index contributed by atoms with van der Waals surface area (Å²) in [4.78, 5) is 22.7. The highest BCUT2D eigenvalue weighted by Crippen LogP contribution is 2.19. The number of carboxylic acid groups (broad SMARTS) is 1. The van der Waals surface area contributed by atoms with Gasteiger partial charge in [0.25, 0.3) is 0 Å². The Kier molecular flexibility index (Phi) is 6.73. The molecule has 0 radical (unpaired) electrons. The van der Waals surface area contributed by atoms with Crippen molar-refractivity contribution in [2.75, 3.05) is 6.54 Å². The van der Waals surface area contributed by atoms with Gasteiger partial charge in [-0.15, -0.1) is 0 Å². The first kappa shape index (κ1) is 16.7. The molecular formula is C13H26N2O3. The largest absolute Gasteiger partial charge is 0.480 e. The van der Waals surface area contributed by atoms with Gasteiger partial charge >= 0.3 is 12.0 Å². The highest BCUT2D eigenvalue weighted by atomic mass is 16.4. The fourth-order valence-electron chi connectivity index (χ4n) is 1.65. The van der Waals surface area contributed by atoms with E-state index in [2.05, 4.69) is 24.5 Å². The second-order valence-electron chi connectivity index (χ2n) is 5.67. The molecule has 0 rings (SSSR count). The van der Waals surface area contributed by atoms with Crippen molar-refractivity contribution in [3.63, 3.8) is 0 Å². The molecule has 106 valence electrons. The molecule has 0 spiro atoms. The van der Waals surface area contributed by atoms with Crippen molar-refractivity contribution < 1.29 is 14.7 Å². The summed E-state index contributed by atoms with van der Waals surface area (Å²) in [5, 5.41) is 14.3. The maximum Gasteiger partial charge on any atom is 0.326 e. The zero-order valence-corrected chi connectivity index (χ0v) is 12.0. The van der Waals surface area contributed by atoms with Gasteiger partial charge in [0.2, 0.25) is 0 Å². The Morgan fingerprint density at radius 3 is 2.00 bits per heavy atom. The van der Waals surface area contributed by atoms with E-state index in [1.807, 2.05) is 0 Å². The minimum Gasteiger partial charge on any atom is -0.480 e. The summed E-state index contributed by atoms with van der Waals surface area (Å²) in [5.41, 5.74) is -0.516. The van der Waals surface area contributed by atoms with Crippen molar-refractivity contribution in [2.45, 2.75) is 53.5 Å². The van der Waals surface area contributed by atoms with Crippen molar-refractivity contribution in [3.8, 4) is 0 Å². The van der Waals surface area contributed by atoms with Crippen LogP contribution < -0.4 is 10.6 Å². The topological polar surface area (TPSA) is 78.4 Å². The van der Waals surface area contributed by atoms with Crippen LogP contribution in [0.2, 0.25) is 0 Å². The number of carbonyl (C=O) groups excluding carboxylic acids is 1. The molecule has 0 fully saturated rings. The quantitative estimate of drug-likeness (QED) is 0.683. The number of rotatable bonds is 6. The number of aliphatic carboxylic acids is 1. The fourth-order valence-corrected chi connectivity index (χ4v) is 1.65. The molecule has 0 bridgehead atoms. The molecule has 1 unspecified atom stereocenters. The number of carboxylic acids is 1. The van der Waals surface area contributed by atoms with Crippen LogP contribution in [-0.2, 0) is 4.79 Å². The Morgan fingerprint density at radius 2 is 1.67 bits per heavy atom. The van der Waals surface area contributed by atoms with Crippen LogP contribution in [0.3, 0.4) is 0 Å². The molecule has 0 aromatic rings. The third-order valence-electron chi connectivity index (χ3n) is 3.09. The summed E-state index contributed by atoms with van der Waals surface area (Å²) >= 11 is 0. The van der Waals surface area contributed by atoms with E-state index in [0.29, 0.717) is 12.5 Å². The van der Waals surface area contributed by atoms with Crippen LogP contribution >= 0.6 is 0 Å². The fraction of sp³-hybridized carbons (Fsp3) is 0.846. The number of carbonyl (C=O) groups is 2. The summed E-state index contributed by atoms with van der Waals surface area (Å²) in [7, 11) is 0. The second kappa shape index (κ2) is 7.24. The van der Waals surface area contributed by atoms with Crippen molar-refractivity contribution in [2.24, 2.45) is 11.3 Å². The molecule has 0 heterocycles. The van der Waals surface area contributed by atoms with Crippen LogP contribution in [0.1, 0.15) is 47.5 Å². The molecule has 18 heavy (non-hydrogen) atoms. The molecule has 0 aromatic carbocycles. The summed E-state index contributed by atoms with van der Waals surface area (Å²) in [5.74, 6) is -0.575. The monoisotopic (exact) mass is 258 g/mol. The smallest absolute Gasteiger partial charge is 0.326 e. The van der Waals surface area contributed by atoms with Crippen molar-refractivity contribution in [1.82, 2.24) is 10.6 Å². The minimum absolute atomic E-state index is 0.413. The number of urea groups is 1. The van der Waals surface area contributed by atoms with Crippen molar-refractivity contribution in [3.05, 3.63) is 0 Å². The van der Waals surface area contributed by atoms with Crippen LogP contribution in [-0.4, -0.2) is 29.7 Å². The number of amides is 2. The molecule has 2 amide bonds. The lowest BCUT2D eigenvalue weighted by atomic mass is 9.87. The van der Waals surface area contributed by atoms with Gasteiger partial charge < -0.3 is 15.7 Å². The molecule has 0 aliphatic rings. The standard InChI is InChI=1S/C13H26N2O3/c1-6-9(7-2)8-14-12(18)15-10(11(16)17)13(3,4)5/h9-10H,6-8H2,1-5H3,(H,16,17)(H2,14,15,18). The van der Waals surface area contributed by atoms with Gasteiger partial charge in [-0.05, 0) is 11.3 Å². The van der Waals surface area contributed by atoms with E-state index in [9.17, 15) is 9.59 Å². The van der Waals surface area contributed by atoms with E-state index < -0.39 is 23.5 Å². The van der Waals surface area contributed by atoms with E-state index in [1.54, 1.807) is 20.8 Å². The number of hydrogen-bond donors (Lipinski definition) is 3. The summed E-state index contributed by atoms with van der Waals surface area (Å²) in [6.45, 7) is 10.1. The number of hydrogen-bond acceptors (Lipinski definition) is 2. The lowest BCUT2D eigenvalue weighted by molar-refractivity contribution is -0.141. The normalized spacial score (nSPS) is 13.2. The van der Waals surface area contributed by atoms with Crippen LogP contribution in [0.4, 0.5) is 4.79 Å². The third-order valence-corrected chi connectivity index (χ3v) is 3.09. The lowest BCUT2D eigenvalue weighted by Gasteiger charge is -2.28. The van der Waals surface area contributed by atoms with Crippen molar-refractivity contribution in [1.29, 1.82) is 0 Å². The Bertz CT molecular complexity index is 280. The molecule has 0 aliphatic heterocycles. The van der Waals surface area contributed by atoms with Gasteiger partial charge in [0, 0.05) is 6.54 Å². The van der Waals surface area contributed by atoms with Gasteiger partial charge in [0.15, 0.2) is 0 Å². The predicted octanol–water partition coefficient (Wildman–Crippen LogP) is 2.22. The summed E-state index contributed by atoms with van der Waals surface area (Å²) in [6, 6.07) is -1.30. The van der Waals surface area contributed by atoms with Gasteiger partial charge in [-0.3, -0.25) is 0 Å². The zero-order chi connectivity index (χ0) is 14.3. The SMILES string of the molecule is CCC(CC)CNC(=O)NC(C(=O)O)C(C)(C)C. The summed E-state index contributed by atoms with van der Waals surface area (Å²) < 4.78 is 0. The first-order valence-electron chi connectivity index (χ1n) is 6.49. The maximum atomic E-state index is 11.7. The molecule has 3 N–H and O–H groups in total. The Hall–Kier alpha value is -1.26. The third kappa shape index (κ3) is 5.89. The summed E-state index contributed by atoms with van der Waals surface area (Å²) in [6.07, 6.45) is 2.00. The highest BCUT2D eigenvalue weighted by molar-refractivity contribution is 5.83. The average molecular weight is 258 g/mol. The number of nitrogens with one attached hydrogen (secondary N) is 2. The highest BCUT2D eigenvalue weighted by Gasteiger charge is 2.32. The minimum atomic E-state index is -1.01. The van der Waals surface area contributed by atoms with Crippen LogP contribution in [0, 0.1) is 11.3 Å². The Morgan fingerprint density at radius 1 is 1.17 bits per heavy atom. The maximum absolute atomic E-state index is 11.7. The van der Waals surface area contributed by atoms with Crippen molar-refractivity contribution >= 4 is 12.0 Å². The average Bonchev–Trinajstić information content (AvgIpc) is 2.25. The molecule has 5 nitrogen and oxygen atoms in total.